The second-order valence-electron chi connectivity index (χ2n) is 4.59. The van der Waals surface area contributed by atoms with Crippen LogP contribution in [0, 0.1) is 10.5 Å². The maximum atomic E-state index is 12.2. The first-order chi connectivity index (χ1) is 9.08. The summed E-state index contributed by atoms with van der Waals surface area (Å²) >= 11 is 2.20. The molecule has 0 aliphatic carbocycles. The van der Waals surface area contributed by atoms with Crippen molar-refractivity contribution in [1.82, 2.24) is 5.32 Å². The van der Waals surface area contributed by atoms with Gasteiger partial charge in [0.15, 0.2) is 0 Å². The topological polar surface area (TPSA) is 29.1 Å². The Morgan fingerprint density at radius 3 is 2.47 bits per heavy atom. The highest BCUT2D eigenvalue weighted by Gasteiger charge is 2.13. The van der Waals surface area contributed by atoms with Gasteiger partial charge >= 0.3 is 0 Å². The van der Waals surface area contributed by atoms with Crippen molar-refractivity contribution >= 4 is 28.5 Å². The van der Waals surface area contributed by atoms with E-state index in [1.807, 2.05) is 62.4 Å². The minimum atomic E-state index is -0.0271. The number of rotatable bonds is 3. The highest BCUT2D eigenvalue weighted by atomic mass is 127. The molecule has 0 aliphatic rings. The molecule has 1 amide bonds. The van der Waals surface area contributed by atoms with Crippen LogP contribution < -0.4 is 5.32 Å². The Hall–Kier alpha value is -1.36. The van der Waals surface area contributed by atoms with Crippen molar-refractivity contribution in [2.45, 2.75) is 19.9 Å². The van der Waals surface area contributed by atoms with Gasteiger partial charge in [-0.1, -0.05) is 42.0 Å². The number of carbonyl (C=O) groups is 1. The van der Waals surface area contributed by atoms with Gasteiger partial charge < -0.3 is 5.32 Å². The van der Waals surface area contributed by atoms with Gasteiger partial charge in [0.05, 0.1) is 11.6 Å². The first-order valence-corrected chi connectivity index (χ1v) is 7.28. The van der Waals surface area contributed by atoms with Gasteiger partial charge in [0.2, 0.25) is 0 Å². The standard InChI is InChI=1S/C16H16INO/c1-11-8-9-14(15(17)10-11)16(19)18-12(2)13-6-4-3-5-7-13/h3-10,12H,1-2H3,(H,18,19)/t12-/m0/s1. The van der Waals surface area contributed by atoms with Gasteiger partial charge in [0.25, 0.3) is 5.91 Å². The number of hydrogen-bond donors (Lipinski definition) is 1. The maximum Gasteiger partial charge on any atom is 0.252 e. The highest BCUT2D eigenvalue weighted by molar-refractivity contribution is 14.1. The number of benzene rings is 2. The van der Waals surface area contributed by atoms with Crippen LogP contribution >= 0.6 is 22.6 Å². The molecule has 2 aromatic rings. The van der Waals surface area contributed by atoms with E-state index >= 15 is 0 Å². The summed E-state index contributed by atoms with van der Waals surface area (Å²) < 4.78 is 0.982. The molecule has 0 saturated carbocycles. The summed E-state index contributed by atoms with van der Waals surface area (Å²) in [6.07, 6.45) is 0. The molecule has 0 spiro atoms. The molecule has 2 rings (SSSR count). The van der Waals surface area contributed by atoms with Crippen LogP contribution in [0.3, 0.4) is 0 Å². The van der Waals surface area contributed by atoms with E-state index in [4.69, 9.17) is 0 Å². The first kappa shape index (κ1) is 14.1. The Morgan fingerprint density at radius 1 is 1.16 bits per heavy atom. The number of aryl methyl sites for hydroxylation is 1. The van der Waals surface area contributed by atoms with Gasteiger partial charge in [-0.25, -0.2) is 0 Å². The van der Waals surface area contributed by atoms with E-state index in [0.29, 0.717) is 0 Å². The molecule has 2 aromatic carbocycles. The van der Waals surface area contributed by atoms with E-state index in [0.717, 1.165) is 20.3 Å². The van der Waals surface area contributed by atoms with Crippen molar-refractivity contribution in [2.24, 2.45) is 0 Å². The van der Waals surface area contributed by atoms with Gasteiger partial charge in [-0.3, -0.25) is 4.79 Å². The quantitative estimate of drug-likeness (QED) is 0.816. The molecule has 1 N–H and O–H groups in total. The predicted molar refractivity (Wildman–Crippen MR) is 86.2 cm³/mol. The zero-order valence-corrected chi connectivity index (χ0v) is 13.1. The number of carbonyl (C=O) groups excluding carboxylic acids is 1. The lowest BCUT2D eigenvalue weighted by Gasteiger charge is -2.15. The first-order valence-electron chi connectivity index (χ1n) is 6.20. The average molecular weight is 365 g/mol. The Kier molecular flexibility index (Phi) is 4.58. The van der Waals surface area contributed by atoms with Gasteiger partial charge in [0, 0.05) is 3.57 Å². The molecule has 0 bridgehead atoms. The van der Waals surface area contributed by atoms with Crippen molar-refractivity contribution in [2.75, 3.05) is 0 Å². The SMILES string of the molecule is Cc1ccc(C(=O)N[C@@H](C)c2ccccc2)c(I)c1. The lowest BCUT2D eigenvalue weighted by atomic mass is 10.1. The molecule has 98 valence electrons. The number of hydrogen-bond acceptors (Lipinski definition) is 1. The van der Waals surface area contributed by atoms with E-state index < -0.39 is 0 Å². The maximum absolute atomic E-state index is 12.2. The molecule has 1 atom stereocenters. The monoisotopic (exact) mass is 365 g/mol. The van der Waals surface area contributed by atoms with E-state index in [-0.39, 0.29) is 11.9 Å². The number of halogens is 1. The summed E-state index contributed by atoms with van der Waals surface area (Å²) in [5, 5.41) is 3.03. The minimum Gasteiger partial charge on any atom is -0.345 e. The van der Waals surface area contributed by atoms with Crippen LogP contribution in [0.15, 0.2) is 48.5 Å². The normalized spacial score (nSPS) is 11.9. The summed E-state index contributed by atoms with van der Waals surface area (Å²) in [5.41, 5.74) is 3.00. The Morgan fingerprint density at radius 2 is 1.84 bits per heavy atom. The fourth-order valence-electron chi connectivity index (χ4n) is 1.90. The van der Waals surface area contributed by atoms with Crippen LogP contribution in [-0.4, -0.2) is 5.91 Å². The van der Waals surface area contributed by atoms with Gasteiger partial charge in [0.1, 0.15) is 0 Å². The van der Waals surface area contributed by atoms with E-state index in [1.165, 1.54) is 0 Å². The zero-order chi connectivity index (χ0) is 13.8. The molecule has 0 fully saturated rings. The fourth-order valence-corrected chi connectivity index (χ4v) is 2.82. The van der Waals surface area contributed by atoms with Gasteiger partial charge in [-0.05, 0) is 54.1 Å². The van der Waals surface area contributed by atoms with E-state index in [9.17, 15) is 4.79 Å². The molecule has 0 saturated heterocycles. The summed E-state index contributed by atoms with van der Waals surface area (Å²) in [6, 6.07) is 15.8. The Balaban J connectivity index is 2.13. The molecule has 0 radical (unpaired) electrons. The largest absolute Gasteiger partial charge is 0.345 e. The van der Waals surface area contributed by atoms with Crippen LogP contribution in [-0.2, 0) is 0 Å². The van der Waals surface area contributed by atoms with Crippen molar-refractivity contribution in [1.29, 1.82) is 0 Å². The minimum absolute atomic E-state index is 0.00537. The molecule has 3 heteroatoms. The van der Waals surface area contributed by atoms with E-state index in [2.05, 4.69) is 27.9 Å². The molecule has 0 aliphatic heterocycles. The van der Waals surface area contributed by atoms with Crippen molar-refractivity contribution in [3.8, 4) is 0 Å². The van der Waals surface area contributed by atoms with Crippen LogP contribution in [0.5, 0.6) is 0 Å². The Bertz CT molecular complexity index is 581. The fraction of sp³-hybridized carbons (Fsp3) is 0.188. The van der Waals surface area contributed by atoms with Crippen LogP contribution in [0.2, 0.25) is 0 Å². The summed E-state index contributed by atoms with van der Waals surface area (Å²) in [7, 11) is 0. The van der Waals surface area contributed by atoms with Crippen molar-refractivity contribution < 1.29 is 4.79 Å². The Labute approximate surface area is 127 Å². The second-order valence-corrected chi connectivity index (χ2v) is 5.75. The van der Waals surface area contributed by atoms with Gasteiger partial charge in [-0.2, -0.15) is 0 Å². The lowest BCUT2D eigenvalue weighted by molar-refractivity contribution is 0.0939. The molecule has 19 heavy (non-hydrogen) atoms. The zero-order valence-electron chi connectivity index (χ0n) is 11.0. The number of amides is 1. The summed E-state index contributed by atoms with van der Waals surface area (Å²) in [4.78, 5) is 12.2. The molecule has 0 aromatic heterocycles. The third-order valence-corrected chi connectivity index (χ3v) is 3.91. The van der Waals surface area contributed by atoms with Crippen LogP contribution in [0.25, 0.3) is 0 Å². The second kappa shape index (κ2) is 6.19. The van der Waals surface area contributed by atoms with Crippen LogP contribution in [0.1, 0.15) is 34.5 Å². The van der Waals surface area contributed by atoms with Crippen molar-refractivity contribution in [3.63, 3.8) is 0 Å². The molecule has 0 heterocycles. The summed E-state index contributed by atoms with van der Waals surface area (Å²) in [5.74, 6) is -0.0271. The third-order valence-electron chi connectivity index (χ3n) is 3.02. The predicted octanol–water partition coefficient (Wildman–Crippen LogP) is 4.09. The van der Waals surface area contributed by atoms with Gasteiger partial charge in [-0.15, -0.1) is 0 Å². The molecular formula is C16H16INO. The summed E-state index contributed by atoms with van der Waals surface area (Å²) in [6.45, 7) is 4.02. The molecule has 2 nitrogen and oxygen atoms in total. The average Bonchev–Trinajstić information content (AvgIpc) is 2.39. The smallest absolute Gasteiger partial charge is 0.252 e. The molecule has 0 unspecified atom stereocenters. The lowest BCUT2D eigenvalue weighted by Crippen LogP contribution is -2.27. The number of nitrogens with one attached hydrogen (secondary N) is 1. The van der Waals surface area contributed by atoms with Crippen molar-refractivity contribution in [3.05, 3.63) is 68.8 Å². The highest BCUT2D eigenvalue weighted by Crippen LogP contribution is 2.17. The van der Waals surface area contributed by atoms with E-state index in [1.54, 1.807) is 0 Å². The molecular weight excluding hydrogens is 349 g/mol. The van der Waals surface area contributed by atoms with Crippen LogP contribution in [0.4, 0.5) is 0 Å². The third kappa shape index (κ3) is 3.56.